The molecule has 180 valence electrons. The van der Waals surface area contributed by atoms with Gasteiger partial charge in [0.25, 0.3) is 0 Å². The number of carbonyl (C=O) groups is 3. The Morgan fingerprint density at radius 3 is 2.44 bits per heavy atom. The lowest BCUT2D eigenvalue weighted by Crippen LogP contribution is -2.54. The lowest BCUT2D eigenvalue weighted by atomic mass is 10.0. The largest absolute Gasteiger partial charge is 0.506 e. The number of carbonyl (C=O) groups excluding carboxylic acids is 2. The van der Waals surface area contributed by atoms with Gasteiger partial charge in [0.15, 0.2) is 0 Å². The van der Waals surface area contributed by atoms with Gasteiger partial charge < -0.3 is 30.6 Å². The van der Waals surface area contributed by atoms with E-state index in [0.717, 1.165) is 11.3 Å². The van der Waals surface area contributed by atoms with E-state index in [1.54, 1.807) is 21.9 Å². The van der Waals surface area contributed by atoms with E-state index >= 15 is 0 Å². The Bertz CT molecular complexity index is 1100. The number of likely N-dealkylation sites (tertiary alicyclic amines) is 1. The van der Waals surface area contributed by atoms with Gasteiger partial charge in [0.05, 0.1) is 8.95 Å². The average Bonchev–Trinajstić information content (AvgIpc) is 2.81. The van der Waals surface area contributed by atoms with Gasteiger partial charge in [-0.2, -0.15) is 0 Å². The van der Waals surface area contributed by atoms with Crippen LogP contribution in [-0.2, 0) is 17.8 Å². The van der Waals surface area contributed by atoms with Crippen molar-refractivity contribution in [3.8, 4) is 5.75 Å². The number of hydrogen-bond acceptors (Lipinski definition) is 4. The molecule has 0 spiro atoms. The van der Waals surface area contributed by atoms with E-state index in [1.165, 1.54) is 0 Å². The molecule has 0 saturated carbocycles. The zero-order valence-electron chi connectivity index (χ0n) is 18.1. The summed E-state index contributed by atoms with van der Waals surface area (Å²) in [5.74, 6) is -1.12. The highest BCUT2D eigenvalue weighted by atomic mass is 79.9. The molecule has 4 N–H and O–H groups in total. The molecule has 1 saturated heterocycles. The third-order valence-electron chi connectivity index (χ3n) is 6.17. The number of phenolic OH excluding ortho intramolecular Hbond substituents is 1. The summed E-state index contributed by atoms with van der Waals surface area (Å²) in [4.78, 5) is 40.6. The lowest BCUT2D eigenvalue weighted by Gasteiger charge is -2.40. The molecule has 2 aromatic carbocycles. The molecule has 11 heteroatoms. The minimum Gasteiger partial charge on any atom is -0.506 e. The Balaban J connectivity index is 1.34. The molecule has 0 radical (unpaired) electrons. The van der Waals surface area contributed by atoms with Crippen LogP contribution < -0.4 is 10.6 Å². The fourth-order valence-corrected chi connectivity index (χ4v) is 5.59. The number of para-hydroxylation sites is 1. The normalized spacial score (nSPS) is 17.1. The van der Waals surface area contributed by atoms with Crippen molar-refractivity contribution in [2.75, 3.05) is 18.4 Å². The molecule has 0 aliphatic carbocycles. The van der Waals surface area contributed by atoms with Gasteiger partial charge >= 0.3 is 18.0 Å². The van der Waals surface area contributed by atoms with Crippen molar-refractivity contribution in [1.29, 1.82) is 0 Å². The van der Waals surface area contributed by atoms with E-state index in [0.29, 0.717) is 47.0 Å². The maximum absolute atomic E-state index is 12.8. The van der Waals surface area contributed by atoms with Crippen molar-refractivity contribution in [1.82, 2.24) is 15.1 Å². The zero-order chi connectivity index (χ0) is 24.4. The first-order valence-electron chi connectivity index (χ1n) is 10.8. The summed E-state index contributed by atoms with van der Waals surface area (Å²) in [7, 11) is 0. The fourth-order valence-electron chi connectivity index (χ4n) is 4.31. The Hall–Kier alpha value is -2.79. The number of carboxylic acids is 1. The summed E-state index contributed by atoms with van der Waals surface area (Å²) in [6.07, 6.45) is 1.28. The monoisotopic (exact) mass is 594 g/mol. The average molecular weight is 596 g/mol. The van der Waals surface area contributed by atoms with Gasteiger partial charge in [0.1, 0.15) is 11.8 Å². The van der Waals surface area contributed by atoms with Crippen LogP contribution in [0.4, 0.5) is 15.3 Å². The summed E-state index contributed by atoms with van der Waals surface area (Å²) in [6.45, 7) is 1.37. The first-order valence-corrected chi connectivity index (χ1v) is 12.4. The number of halogens is 2. The van der Waals surface area contributed by atoms with Crippen molar-refractivity contribution >= 4 is 55.6 Å². The number of anilines is 1. The molecule has 2 aromatic rings. The van der Waals surface area contributed by atoms with Gasteiger partial charge in [0, 0.05) is 37.8 Å². The van der Waals surface area contributed by atoms with Gasteiger partial charge in [-0.05, 0) is 74.0 Å². The standard InChI is InChI=1S/C23H24Br2N4O5/c24-16-9-13(10-17(25)20(16)30)11-19(21(31)32)27-22(33)28-7-5-15(6-8-28)29-12-14-3-1-2-4-18(14)26-23(29)34/h1-4,9-10,15,19,30H,5-8,11-12H2,(H,26,34)(H,27,33)(H,31,32). The number of piperidine rings is 1. The zero-order valence-corrected chi connectivity index (χ0v) is 21.3. The minimum atomic E-state index is -1.15. The number of fused-ring (bicyclic) bond motifs is 1. The molecule has 2 heterocycles. The van der Waals surface area contributed by atoms with Crippen molar-refractivity contribution in [3.05, 3.63) is 56.5 Å². The van der Waals surface area contributed by atoms with Crippen LogP contribution in [0.2, 0.25) is 0 Å². The molecular weight excluding hydrogens is 572 g/mol. The first kappa shape index (κ1) is 24.3. The minimum absolute atomic E-state index is 0.000580. The summed E-state index contributed by atoms with van der Waals surface area (Å²) in [6, 6.07) is 9.22. The fraction of sp³-hybridized carbons (Fsp3) is 0.348. The van der Waals surface area contributed by atoms with Gasteiger partial charge in [-0.15, -0.1) is 0 Å². The summed E-state index contributed by atoms with van der Waals surface area (Å²) in [5, 5.41) is 25.0. The van der Waals surface area contributed by atoms with Crippen molar-refractivity contribution in [2.24, 2.45) is 0 Å². The van der Waals surface area contributed by atoms with Crippen LogP contribution in [0.3, 0.4) is 0 Å². The molecule has 2 aliphatic rings. The van der Waals surface area contributed by atoms with E-state index in [4.69, 9.17) is 0 Å². The third-order valence-corrected chi connectivity index (χ3v) is 7.37. The maximum atomic E-state index is 12.8. The number of benzene rings is 2. The van der Waals surface area contributed by atoms with E-state index in [1.807, 2.05) is 24.3 Å². The highest BCUT2D eigenvalue weighted by Gasteiger charge is 2.33. The number of carboxylic acid groups (broad SMARTS) is 1. The predicted octanol–water partition coefficient (Wildman–Crippen LogP) is 4.13. The number of nitrogens with one attached hydrogen (secondary N) is 2. The summed E-state index contributed by atoms with van der Waals surface area (Å²) >= 11 is 6.47. The number of amides is 4. The van der Waals surface area contributed by atoms with Crippen LogP contribution in [0.5, 0.6) is 5.75 Å². The van der Waals surface area contributed by atoms with Crippen molar-refractivity contribution in [2.45, 2.75) is 37.9 Å². The van der Waals surface area contributed by atoms with Crippen molar-refractivity contribution < 1.29 is 24.6 Å². The van der Waals surface area contributed by atoms with Crippen LogP contribution in [-0.4, -0.2) is 63.2 Å². The highest BCUT2D eigenvalue weighted by molar-refractivity contribution is 9.11. The van der Waals surface area contributed by atoms with Gasteiger partial charge in [-0.3, -0.25) is 0 Å². The molecule has 4 rings (SSSR count). The van der Waals surface area contributed by atoms with Crippen LogP contribution in [0.15, 0.2) is 45.3 Å². The maximum Gasteiger partial charge on any atom is 0.326 e. The van der Waals surface area contributed by atoms with Gasteiger partial charge in [0.2, 0.25) is 0 Å². The number of aliphatic carboxylic acids is 1. The number of rotatable bonds is 5. The second-order valence-corrected chi connectivity index (χ2v) is 10.1. The van der Waals surface area contributed by atoms with Crippen LogP contribution >= 0.6 is 31.9 Å². The molecule has 2 aliphatic heterocycles. The number of urea groups is 2. The summed E-state index contributed by atoms with van der Waals surface area (Å²) < 4.78 is 0.859. The molecule has 0 aromatic heterocycles. The van der Waals surface area contributed by atoms with Gasteiger partial charge in [-0.25, -0.2) is 14.4 Å². The van der Waals surface area contributed by atoms with E-state index in [-0.39, 0.29) is 24.2 Å². The third kappa shape index (κ3) is 5.30. The van der Waals surface area contributed by atoms with Crippen LogP contribution in [0, 0.1) is 0 Å². The summed E-state index contributed by atoms with van der Waals surface area (Å²) in [5.41, 5.74) is 2.52. The lowest BCUT2D eigenvalue weighted by molar-refractivity contribution is -0.139. The second-order valence-electron chi connectivity index (χ2n) is 8.39. The van der Waals surface area contributed by atoms with E-state index in [9.17, 15) is 24.6 Å². The Morgan fingerprint density at radius 1 is 1.15 bits per heavy atom. The molecule has 1 fully saturated rings. The van der Waals surface area contributed by atoms with Crippen LogP contribution in [0.1, 0.15) is 24.0 Å². The topological polar surface area (TPSA) is 122 Å². The number of aromatic hydroxyl groups is 1. The Kier molecular flexibility index (Phi) is 7.32. The highest BCUT2D eigenvalue weighted by Crippen LogP contribution is 2.33. The number of phenols is 1. The Morgan fingerprint density at radius 2 is 1.79 bits per heavy atom. The molecule has 9 nitrogen and oxygen atoms in total. The van der Waals surface area contributed by atoms with E-state index in [2.05, 4.69) is 42.5 Å². The number of hydrogen-bond donors (Lipinski definition) is 4. The first-order chi connectivity index (χ1) is 16.2. The van der Waals surface area contributed by atoms with Crippen LogP contribution in [0.25, 0.3) is 0 Å². The molecule has 1 unspecified atom stereocenters. The molecule has 1 atom stereocenters. The molecule has 4 amide bonds. The quantitative estimate of drug-likeness (QED) is 0.414. The second kappa shape index (κ2) is 10.2. The smallest absolute Gasteiger partial charge is 0.326 e. The number of nitrogens with zero attached hydrogens (tertiary/aromatic N) is 2. The predicted molar refractivity (Wildman–Crippen MR) is 133 cm³/mol. The molecule has 34 heavy (non-hydrogen) atoms. The Labute approximate surface area is 213 Å². The SMILES string of the molecule is O=C(O)C(Cc1cc(Br)c(O)c(Br)c1)NC(=O)N1CCC(N2Cc3ccccc3NC2=O)CC1. The molecular formula is C23H24Br2N4O5. The molecule has 0 bridgehead atoms. The van der Waals surface area contributed by atoms with Gasteiger partial charge in [-0.1, -0.05) is 18.2 Å². The van der Waals surface area contributed by atoms with E-state index < -0.39 is 18.0 Å². The van der Waals surface area contributed by atoms with Crippen molar-refractivity contribution in [3.63, 3.8) is 0 Å².